The monoisotopic (exact) mass is 833 g/mol. The van der Waals surface area contributed by atoms with Crippen molar-refractivity contribution in [3.8, 4) is 0 Å². The summed E-state index contributed by atoms with van der Waals surface area (Å²) in [7, 11) is 0. The zero-order chi connectivity index (χ0) is 43.7. The van der Waals surface area contributed by atoms with Crippen molar-refractivity contribution in [2.75, 3.05) is 13.2 Å². The molecule has 60 heavy (non-hydrogen) atoms. The van der Waals surface area contributed by atoms with Crippen molar-refractivity contribution < 1.29 is 28.6 Å². The molecule has 0 aliphatic rings. The van der Waals surface area contributed by atoms with E-state index >= 15 is 0 Å². The molecule has 0 aliphatic heterocycles. The van der Waals surface area contributed by atoms with Crippen LogP contribution in [0.2, 0.25) is 0 Å². The molecular weight excluding hydrogens is 745 g/mol. The zero-order valence-corrected chi connectivity index (χ0v) is 38.7. The Kier molecular flexibility index (Phi) is 45.1. The number of carbonyl (C=O) groups excluding carboxylic acids is 3. The maximum Gasteiger partial charge on any atom is 0.306 e. The quantitative estimate of drug-likeness (QED) is 0.0264. The van der Waals surface area contributed by atoms with E-state index in [9.17, 15) is 14.4 Å². The minimum atomic E-state index is -0.792. The van der Waals surface area contributed by atoms with Crippen molar-refractivity contribution in [3.05, 3.63) is 97.2 Å². The van der Waals surface area contributed by atoms with Crippen LogP contribution in [-0.4, -0.2) is 37.2 Å². The van der Waals surface area contributed by atoms with Gasteiger partial charge in [-0.1, -0.05) is 189 Å². The van der Waals surface area contributed by atoms with Gasteiger partial charge in [0.05, 0.1) is 0 Å². The Morgan fingerprint density at radius 2 is 0.683 bits per heavy atom. The van der Waals surface area contributed by atoms with Crippen LogP contribution in [0.4, 0.5) is 0 Å². The molecule has 0 rings (SSSR count). The summed E-state index contributed by atoms with van der Waals surface area (Å²) < 4.78 is 16.6. The molecule has 0 aromatic heterocycles. The second kappa shape index (κ2) is 48.0. The Balaban J connectivity index is 4.29. The number of ether oxygens (including phenoxy) is 3. The fourth-order valence-electron chi connectivity index (χ4n) is 6.19. The van der Waals surface area contributed by atoms with Crippen molar-refractivity contribution in [2.24, 2.45) is 0 Å². The zero-order valence-electron chi connectivity index (χ0n) is 38.7. The number of rotatable bonds is 42. The summed E-state index contributed by atoms with van der Waals surface area (Å²) >= 11 is 0. The molecule has 340 valence electrons. The molecule has 0 amide bonds. The molecule has 0 N–H and O–H groups in total. The number of esters is 3. The van der Waals surface area contributed by atoms with Crippen LogP contribution >= 0.6 is 0 Å². The normalized spacial score (nSPS) is 12.9. The number of carbonyl (C=O) groups is 3. The number of hydrogen-bond donors (Lipinski definition) is 0. The first-order chi connectivity index (χ1) is 29.5. The second-order valence-electron chi connectivity index (χ2n) is 15.6. The van der Waals surface area contributed by atoms with Gasteiger partial charge in [0.1, 0.15) is 13.2 Å². The Hall–Kier alpha value is -3.67. The van der Waals surface area contributed by atoms with Gasteiger partial charge in [0.2, 0.25) is 0 Å². The van der Waals surface area contributed by atoms with Crippen LogP contribution < -0.4 is 0 Å². The van der Waals surface area contributed by atoms with Gasteiger partial charge in [0, 0.05) is 19.3 Å². The molecule has 6 heteroatoms. The molecule has 0 bridgehead atoms. The lowest BCUT2D eigenvalue weighted by Crippen LogP contribution is -2.30. The predicted molar refractivity (Wildman–Crippen MR) is 256 cm³/mol. The molecule has 1 atom stereocenters. The maximum absolute atomic E-state index is 12.7. The Labute approximate surface area is 368 Å². The average molecular weight is 833 g/mol. The molecule has 0 spiro atoms. The van der Waals surface area contributed by atoms with E-state index in [4.69, 9.17) is 14.2 Å². The number of allylic oxidation sites excluding steroid dienone is 16. The van der Waals surface area contributed by atoms with Crippen molar-refractivity contribution >= 4 is 17.9 Å². The molecular formula is C54H88O6. The summed E-state index contributed by atoms with van der Waals surface area (Å²) in [5.41, 5.74) is 0. The summed E-state index contributed by atoms with van der Waals surface area (Å²) in [5, 5.41) is 0. The molecule has 1 unspecified atom stereocenters. The molecule has 0 radical (unpaired) electrons. The first kappa shape index (κ1) is 56.3. The topological polar surface area (TPSA) is 78.9 Å². The summed E-state index contributed by atoms with van der Waals surface area (Å²) in [6.45, 7) is 6.34. The lowest BCUT2D eigenvalue weighted by Gasteiger charge is -2.18. The van der Waals surface area contributed by atoms with Gasteiger partial charge >= 0.3 is 17.9 Å². The third kappa shape index (κ3) is 45.4. The summed E-state index contributed by atoms with van der Waals surface area (Å²) in [6.07, 6.45) is 62.7. The highest BCUT2D eigenvalue weighted by atomic mass is 16.6. The van der Waals surface area contributed by atoms with Crippen molar-refractivity contribution in [3.63, 3.8) is 0 Å². The minimum Gasteiger partial charge on any atom is -0.462 e. The van der Waals surface area contributed by atoms with Crippen LogP contribution in [0.5, 0.6) is 0 Å². The molecule has 0 fully saturated rings. The Morgan fingerprint density at radius 3 is 1.08 bits per heavy atom. The van der Waals surface area contributed by atoms with E-state index in [-0.39, 0.29) is 31.1 Å². The summed E-state index contributed by atoms with van der Waals surface area (Å²) in [4.78, 5) is 37.6. The molecule has 0 aromatic carbocycles. The first-order valence-corrected chi connectivity index (χ1v) is 24.2. The third-order valence-electron chi connectivity index (χ3n) is 9.80. The van der Waals surface area contributed by atoms with Gasteiger partial charge in [0.25, 0.3) is 0 Å². The minimum absolute atomic E-state index is 0.0931. The first-order valence-electron chi connectivity index (χ1n) is 24.2. The summed E-state index contributed by atoms with van der Waals surface area (Å²) in [6, 6.07) is 0. The lowest BCUT2D eigenvalue weighted by atomic mass is 10.1. The van der Waals surface area contributed by atoms with Gasteiger partial charge in [-0.25, -0.2) is 0 Å². The van der Waals surface area contributed by atoms with Crippen LogP contribution in [0.15, 0.2) is 97.2 Å². The van der Waals surface area contributed by atoms with E-state index < -0.39 is 6.10 Å². The maximum atomic E-state index is 12.7. The summed E-state index contributed by atoms with van der Waals surface area (Å²) in [5.74, 6) is -0.951. The fraction of sp³-hybridized carbons (Fsp3) is 0.648. The van der Waals surface area contributed by atoms with Gasteiger partial charge in [-0.05, 0) is 96.3 Å². The molecule has 0 heterocycles. The fourth-order valence-corrected chi connectivity index (χ4v) is 6.19. The Morgan fingerprint density at radius 1 is 0.350 bits per heavy atom. The Bertz CT molecular complexity index is 1230. The van der Waals surface area contributed by atoms with E-state index in [2.05, 4.69) is 118 Å². The highest BCUT2D eigenvalue weighted by Crippen LogP contribution is 2.12. The molecule has 0 aromatic rings. The van der Waals surface area contributed by atoms with Crippen LogP contribution in [0.3, 0.4) is 0 Å². The average Bonchev–Trinajstić information content (AvgIpc) is 3.24. The standard InChI is InChI=1S/C54H88O6/c1-4-7-10-13-16-18-20-22-23-24-25-26-27-28-29-30-31-33-34-36-38-41-44-47-53(56)59-50-51(49-58-52(55)46-43-40-15-12-9-6-3)60-54(57)48-45-42-39-37-35-32-21-19-17-14-11-8-5-2/h7,10-11,14,16,18-19,21-23,25-26,28-29,31,33,51H,4-6,8-9,12-13,15,17,20,24,27,30,32,34-50H2,1-3H3/b10-7-,14-11-,18-16-,21-19-,23-22-,26-25-,29-28-,33-31-. The molecule has 0 saturated carbocycles. The van der Waals surface area contributed by atoms with Crippen molar-refractivity contribution in [1.82, 2.24) is 0 Å². The largest absolute Gasteiger partial charge is 0.462 e. The molecule has 6 nitrogen and oxygen atoms in total. The van der Waals surface area contributed by atoms with E-state index in [1.807, 2.05) is 0 Å². The highest BCUT2D eigenvalue weighted by Gasteiger charge is 2.19. The molecule has 0 saturated heterocycles. The van der Waals surface area contributed by atoms with Crippen LogP contribution in [0, 0.1) is 0 Å². The van der Waals surface area contributed by atoms with Crippen molar-refractivity contribution in [2.45, 2.75) is 213 Å². The molecule has 0 aliphatic carbocycles. The SMILES string of the molecule is CC/C=C\C/C=C\C/C=C\C/C=C\C/C=C\C/C=C\CCCCCCC(=O)OCC(COC(=O)CCCCCCCC)OC(=O)CCCCCCC/C=C\C/C=C\CCC. The van der Waals surface area contributed by atoms with Crippen LogP contribution in [-0.2, 0) is 28.6 Å². The smallest absolute Gasteiger partial charge is 0.306 e. The van der Waals surface area contributed by atoms with Gasteiger partial charge in [-0.15, -0.1) is 0 Å². The number of hydrogen-bond acceptors (Lipinski definition) is 6. The second-order valence-corrected chi connectivity index (χ2v) is 15.6. The van der Waals surface area contributed by atoms with E-state index in [1.165, 1.54) is 25.7 Å². The highest BCUT2D eigenvalue weighted by molar-refractivity contribution is 5.71. The van der Waals surface area contributed by atoms with E-state index in [0.717, 1.165) is 141 Å². The number of unbranched alkanes of at least 4 members (excludes halogenated alkanes) is 15. The van der Waals surface area contributed by atoms with Gasteiger partial charge in [0.15, 0.2) is 6.10 Å². The lowest BCUT2D eigenvalue weighted by molar-refractivity contribution is -0.167. The van der Waals surface area contributed by atoms with Gasteiger partial charge in [-0.2, -0.15) is 0 Å². The third-order valence-corrected chi connectivity index (χ3v) is 9.80. The van der Waals surface area contributed by atoms with Crippen LogP contribution in [0.25, 0.3) is 0 Å². The van der Waals surface area contributed by atoms with Crippen LogP contribution in [0.1, 0.15) is 207 Å². The van der Waals surface area contributed by atoms with Gasteiger partial charge < -0.3 is 14.2 Å². The predicted octanol–water partition coefficient (Wildman–Crippen LogP) is 15.8. The van der Waals surface area contributed by atoms with Gasteiger partial charge in [-0.3, -0.25) is 14.4 Å². The van der Waals surface area contributed by atoms with E-state index in [1.54, 1.807) is 0 Å². The van der Waals surface area contributed by atoms with E-state index in [0.29, 0.717) is 19.3 Å². The van der Waals surface area contributed by atoms with Crippen molar-refractivity contribution in [1.29, 1.82) is 0 Å².